The number of rotatable bonds is 4. The zero-order valence-electron chi connectivity index (χ0n) is 16.0. The van der Waals surface area contributed by atoms with Gasteiger partial charge in [0.2, 0.25) is 10.0 Å². The fourth-order valence-corrected chi connectivity index (χ4v) is 4.88. The molecule has 2 N–H and O–H groups in total. The first kappa shape index (κ1) is 20.7. The Hall–Kier alpha value is -2.03. The molecule has 0 bridgehead atoms. The second kappa shape index (κ2) is 8.55. The molecule has 2 aromatic carbocycles. The molecule has 0 amide bonds. The van der Waals surface area contributed by atoms with Gasteiger partial charge in [0.15, 0.2) is 5.11 Å². The second-order valence-electron chi connectivity index (χ2n) is 6.98. The van der Waals surface area contributed by atoms with Gasteiger partial charge in [-0.15, -0.1) is 0 Å². The molecule has 0 unspecified atom stereocenters. The number of nitrogens with zero attached hydrogens (tertiary/aromatic N) is 1. The van der Waals surface area contributed by atoms with Crippen molar-refractivity contribution >= 4 is 38.7 Å². The molecule has 8 heteroatoms. The monoisotopic (exact) mass is 421 g/mol. The summed E-state index contributed by atoms with van der Waals surface area (Å²) in [5, 5.41) is 6.21. The molecule has 2 aromatic rings. The predicted octanol–water partition coefficient (Wildman–Crippen LogP) is 4.43. The molecular formula is C20H24FN3O2S2. The summed E-state index contributed by atoms with van der Waals surface area (Å²) in [4.78, 5) is 0.242. The van der Waals surface area contributed by atoms with E-state index in [1.54, 1.807) is 37.3 Å². The number of sulfonamides is 1. The Bertz CT molecular complexity index is 987. The van der Waals surface area contributed by atoms with E-state index < -0.39 is 10.0 Å². The molecule has 1 saturated heterocycles. The Morgan fingerprint density at radius 3 is 2.36 bits per heavy atom. The van der Waals surface area contributed by atoms with Crippen molar-refractivity contribution < 1.29 is 12.8 Å². The van der Waals surface area contributed by atoms with Crippen LogP contribution in [0.15, 0.2) is 41.3 Å². The third kappa shape index (κ3) is 4.68. The number of piperidine rings is 1. The fraction of sp³-hybridized carbons (Fsp3) is 0.350. The Balaban J connectivity index is 1.77. The fourth-order valence-electron chi connectivity index (χ4n) is 3.11. The van der Waals surface area contributed by atoms with Gasteiger partial charge in [-0.05, 0) is 74.3 Å². The highest BCUT2D eigenvalue weighted by Crippen LogP contribution is 2.25. The maximum atomic E-state index is 13.7. The Morgan fingerprint density at radius 1 is 1.00 bits per heavy atom. The van der Waals surface area contributed by atoms with Gasteiger partial charge in [-0.1, -0.05) is 18.6 Å². The zero-order chi connectivity index (χ0) is 20.3. The lowest BCUT2D eigenvalue weighted by molar-refractivity contribution is 0.346. The third-order valence-corrected chi connectivity index (χ3v) is 6.94. The van der Waals surface area contributed by atoms with E-state index in [9.17, 15) is 12.8 Å². The van der Waals surface area contributed by atoms with E-state index in [0.717, 1.165) is 24.8 Å². The van der Waals surface area contributed by atoms with E-state index in [2.05, 4.69) is 10.6 Å². The van der Waals surface area contributed by atoms with Crippen LogP contribution in [-0.2, 0) is 10.0 Å². The largest absolute Gasteiger partial charge is 0.332 e. The maximum Gasteiger partial charge on any atom is 0.243 e. The zero-order valence-corrected chi connectivity index (χ0v) is 17.6. The SMILES string of the molecule is Cc1ccc(NC(=S)Nc2cc(S(=O)(=O)N3CCCCC3)ccc2C)cc1F. The van der Waals surface area contributed by atoms with Crippen LogP contribution >= 0.6 is 12.2 Å². The van der Waals surface area contributed by atoms with Crippen LogP contribution in [-0.4, -0.2) is 30.9 Å². The average Bonchev–Trinajstić information content (AvgIpc) is 2.67. The Morgan fingerprint density at radius 2 is 1.68 bits per heavy atom. The lowest BCUT2D eigenvalue weighted by Gasteiger charge is -2.26. The number of hydrogen-bond donors (Lipinski definition) is 2. The molecule has 28 heavy (non-hydrogen) atoms. The van der Waals surface area contributed by atoms with Gasteiger partial charge in [-0.3, -0.25) is 0 Å². The highest BCUT2D eigenvalue weighted by atomic mass is 32.2. The van der Waals surface area contributed by atoms with E-state index in [4.69, 9.17) is 12.2 Å². The van der Waals surface area contributed by atoms with Gasteiger partial charge in [0.05, 0.1) is 4.90 Å². The predicted molar refractivity (Wildman–Crippen MR) is 115 cm³/mol. The van der Waals surface area contributed by atoms with Crippen molar-refractivity contribution in [2.24, 2.45) is 0 Å². The van der Waals surface area contributed by atoms with Gasteiger partial charge in [0, 0.05) is 24.5 Å². The lowest BCUT2D eigenvalue weighted by atomic mass is 10.2. The van der Waals surface area contributed by atoms with Crippen molar-refractivity contribution in [2.75, 3.05) is 23.7 Å². The number of benzene rings is 2. The highest BCUT2D eigenvalue weighted by molar-refractivity contribution is 7.89. The minimum Gasteiger partial charge on any atom is -0.332 e. The molecule has 150 valence electrons. The molecule has 0 atom stereocenters. The standard InChI is InChI=1S/C20H24FN3O2S2/c1-14-6-8-16(12-18(14)21)22-20(27)23-19-13-17(9-7-15(19)2)28(25,26)24-10-4-3-5-11-24/h6-9,12-13H,3-5,10-11H2,1-2H3,(H2,22,23,27). The van der Waals surface area contributed by atoms with Crippen LogP contribution in [0.1, 0.15) is 30.4 Å². The first-order valence-corrected chi connectivity index (χ1v) is 11.1. The van der Waals surface area contributed by atoms with Gasteiger partial charge < -0.3 is 10.6 Å². The summed E-state index contributed by atoms with van der Waals surface area (Å²) in [5.41, 5.74) is 2.53. The highest BCUT2D eigenvalue weighted by Gasteiger charge is 2.26. The number of thiocarbonyl (C=S) groups is 1. The normalized spacial score (nSPS) is 15.2. The van der Waals surface area contributed by atoms with Crippen LogP contribution in [0.25, 0.3) is 0 Å². The first-order chi connectivity index (χ1) is 13.3. The van der Waals surface area contributed by atoms with Crippen molar-refractivity contribution in [3.63, 3.8) is 0 Å². The molecule has 0 aromatic heterocycles. The van der Waals surface area contributed by atoms with E-state index >= 15 is 0 Å². The summed E-state index contributed by atoms with van der Waals surface area (Å²) >= 11 is 5.31. The Kier molecular flexibility index (Phi) is 6.32. The van der Waals surface area contributed by atoms with Gasteiger partial charge >= 0.3 is 0 Å². The number of hydrogen-bond acceptors (Lipinski definition) is 3. The summed E-state index contributed by atoms with van der Waals surface area (Å²) in [5.74, 6) is -0.321. The summed E-state index contributed by atoms with van der Waals surface area (Å²) in [6.07, 6.45) is 2.83. The smallest absolute Gasteiger partial charge is 0.243 e. The van der Waals surface area contributed by atoms with Crippen LogP contribution in [0.4, 0.5) is 15.8 Å². The van der Waals surface area contributed by atoms with Crippen LogP contribution in [0.2, 0.25) is 0 Å². The lowest BCUT2D eigenvalue weighted by Crippen LogP contribution is -2.35. The van der Waals surface area contributed by atoms with E-state index in [1.807, 2.05) is 6.92 Å². The van der Waals surface area contributed by atoms with Crippen molar-refractivity contribution in [3.8, 4) is 0 Å². The Labute approximate surface area is 171 Å². The molecule has 5 nitrogen and oxygen atoms in total. The van der Waals surface area contributed by atoms with Crippen molar-refractivity contribution in [1.82, 2.24) is 4.31 Å². The summed E-state index contributed by atoms with van der Waals surface area (Å²) in [6.45, 7) is 4.66. The van der Waals surface area contributed by atoms with Crippen molar-refractivity contribution in [1.29, 1.82) is 0 Å². The molecule has 0 saturated carbocycles. The van der Waals surface area contributed by atoms with E-state index in [-0.39, 0.29) is 15.8 Å². The molecule has 0 radical (unpaired) electrons. The van der Waals surface area contributed by atoms with Crippen LogP contribution < -0.4 is 10.6 Å². The molecule has 0 spiro atoms. The van der Waals surface area contributed by atoms with Crippen molar-refractivity contribution in [2.45, 2.75) is 38.0 Å². The number of nitrogens with one attached hydrogen (secondary N) is 2. The molecule has 1 heterocycles. The van der Waals surface area contributed by atoms with Gasteiger partial charge in [0.25, 0.3) is 0 Å². The topological polar surface area (TPSA) is 61.4 Å². The minimum atomic E-state index is -3.53. The first-order valence-electron chi connectivity index (χ1n) is 9.22. The second-order valence-corrected chi connectivity index (χ2v) is 9.33. The molecule has 1 aliphatic heterocycles. The van der Waals surface area contributed by atoms with Gasteiger partial charge in [-0.25, -0.2) is 12.8 Å². The van der Waals surface area contributed by atoms with Gasteiger partial charge in [0.1, 0.15) is 5.82 Å². The molecule has 0 aliphatic carbocycles. The minimum absolute atomic E-state index is 0.242. The molecule has 1 fully saturated rings. The average molecular weight is 422 g/mol. The third-order valence-electron chi connectivity index (χ3n) is 4.84. The van der Waals surface area contributed by atoms with Gasteiger partial charge in [-0.2, -0.15) is 4.31 Å². The van der Waals surface area contributed by atoms with Crippen LogP contribution in [0.3, 0.4) is 0 Å². The van der Waals surface area contributed by atoms with E-state index in [1.165, 1.54) is 10.4 Å². The summed E-state index contributed by atoms with van der Waals surface area (Å²) in [6, 6.07) is 9.74. The molecule has 1 aliphatic rings. The van der Waals surface area contributed by atoms with Crippen LogP contribution in [0, 0.1) is 19.7 Å². The summed E-state index contributed by atoms with van der Waals surface area (Å²) < 4.78 is 41.1. The summed E-state index contributed by atoms with van der Waals surface area (Å²) in [7, 11) is -3.53. The molecular weight excluding hydrogens is 397 g/mol. The number of halogens is 1. The van der Waals surface area contributed by atoms with E-state index in [0.29, 0.717) is 30.0 Å². The number of aryl methyl sites for hydroxylation is 2. The quantitative estimate of drug-likeness (QED) is 0.716. The maximum absolute atomic E-state index is 13.7. The molecule has 3 rings (SSSR count). The van der Waals surface area contributed by atoms with Crippen LogP contribution in [0.5, 0.6) is 0 Å². The van der Waals surface area contributed by atoms with Crippen molar-refractivity contribution in [3.05, 3.63) is 53.3 Å². The number of anilines is 2.